The Morgan fingerprint density at radius 2 is 1.88 bits per heavy atom. The van der Waals surface area contributed by atoms with Gasteiger partial charge in [0.25, 0.3) is 0 Å². The van der Waals surface area contributed by atoms with Crippen molar-refractivity contribution in [1.29, 1.82) is 0 Å². The first kappa shape index (κ1) is 11.1. The highest BCUT2D eigenvalue weighted by Crippen LogP contribution is 1.98. The van der Waals surface area contributed by atoms with Gasteiger partial charge in [0.1, 0.15) is 0 Å². The third-order valence-electron chi connectivity index (χ3n) is 0.129. The summed E-state index contributed by atoms with van der Waals surface area (Å²) in [6, 6.07) is 0. The van der Waals surface area contributed by atoms with Gasteiger partial charge in [-0.3, -0.25) is 4.57 Å². The SMILES string of the molecule is C=CCS.O=[PH](O)O. The summed E-state index contributed by atoms with van der Waals surface area (Å²) in [5, 5.41) is 0. The fourth-order valence-electron chi connectivity index (χ4n) is 0. The van der Waals surface area contributed by atoms with E-state index in [1.165, 1.54) is 0 Å². The molecule has 0 spiro atoms. The molecule has 3 nitrogen and oxygen atoms in total. The molecule has 0 radical (unpaired) electrons. The molecule has 0 aromatic carbocycles. The van der Waals surface area contributed by atoms with E-state index >= 15 is 0 Å². The molecule has 0 amide bonds. The molecule has 0 atom stereocenters. The van der Waals surface area contributed by atoms with Crippen LogP contribution in [0, 0.1) is 0 Å². The third-order valence-corrected chi connectivity index (χ3v) is 0.387. The summed E-state index contributed by atoms with van der Waals surface area (Å²) in [6.45, 7) is 3.40. The lowest BCUT2D eigenvalue weighted by molar-refractivity contribution is 0.405. The van der Waals surface area contributed by atoms with Gasteiger partial charge in [-0.2, -0.15) is 12.6 Å². The Kier molecular flexibility index (Phi) is 14.2. The monoisotopic (exact) mass is 156 g/mol. The Morgan fingerprint density at radius 3 is 1.88 bits per heavy atom. The average molecular weight is 156 g/mol. The van der Waals surface area contributed by atoms with E-state index in [0.29, 0.717) is 0 Å². The molecule has 0 saturated carbocycles. The van der Waals surface area contributed by atoms with Gasteiger partial charge < -0.3 is 9.79 Å². The molecular formula is C3H9O3PS. The number of hydrogen-bond acceptors (Lipinski definition) is 2. The number of rotatable bonds is 1. The maximum absolute atomic E-state index is 8.74. The second-order valence-corrected chi connectivity index (χ2v) is 1.68. The van der Waals surface area contributed by atoms with Crippen LogP contribution in [0.3, 0.4) is 0 Å². The molecule has 0 rings (SSSR count). The molecule has 0 aromatic heterocycles. The highest BCUT2D eigenvalue weighted by atomic mass is 32.1. The van der Waals surface area contributed by atoms with Crippen LogP contribution < -0.4 is 0 Å². The first-order valence-corrected chi connectivity index (χ1v) is 3.72. The lowest BCUT2D eigenvalue weighted by atomic mass is 10.8. The second kappa shape index (κ2) is 10.3. The van der Waals surface area contributed by atoms with Crippen molar-refractivity contribution in [3.8, 4) is 0 Å². The molecule has 0 fully saturated rings. The van der Waals surface area contributed by atoms with Gasteiger partial charge in [-0.25, -0.2) is 0 Å². The average Bonchev–Trinajstić information content (AvgIpc) is 1.65. The summed E-state index contributed by atoms with van der Waals surface area (Å²) < 4.78 is 8.74. The van der Waals surface area contributed by atoms with E-state index in [2.05, 4.69) is 19.2 Å². The summed E-state index contributed by atoms with van der Waals surface area (Å²) in [6.07, 6.45) is 1.74. The molecule has 0 aliphatic carbocycles. The Hall–Kier alpha value is 0.240. The first-order valence-electron chi connectivity index (χ1n) is 1.78. The van der Waals surface area contributed by atoms with Crippen LogP contribution in [-0.4, -0.2) is 15.5 Å². The van der Waals surface area contributed by atoms with Crippen molar-refractivity contribution in [2.45, 2.75) is 0 Å². The molecular weight excluding hydrogens is 147 g/mol. The summed E-state index contributed by atoms with van der Waals surface area (Å²) in [5.41, 5.74) is 0. The summed E-state index contributed by atoms with van der Waals surface area (Å²) in [7, 11) is -3.13. The van der Waals surface area contributed by atoms with Crippen LogP contribution in [0.25, 0.3) is 0 Å². The van der Waals surface area contributed by atoms with Crippen molar-refractivity contribution in [2.24, 2.45) is 0 Å². The van der Waals surface area contributed by atoms with E-state index < -0.39 is 8.25 Å². The molecule has 0 saturated heterocycles. The van der Waals surface area contributed by atoms with Crippen molar-refractivity contribution in [3.05, 3.63) is 12.7 Å². The summed E-state index contributed by atoms with van der Waals surface area (Å²) in [5.74, 6) is 0.778. The molecule has 0 aromatic rings. The Morgan fingerprint density at radius 1 is 1.75 bits per heavy atom. The van der Waals surface area contributed by atoms with E-state index in [9.17, 15) is 0 Å². The van der Waals surface area contributed by atoms with Crippen LogP contribution in [0.2, 0.25) is 0 Å². The van der Waals surface area contributed by atoms with Crippen molar-refractivity contribution in [1.82, 2.24) is 0 Å². The van der Waals surface area contributed by atoms with Crippen LogP contribution in [0.1, 0.15) is 0 Å². The van der Waals surface area contributed by atoms with Gasteiger partial charge in [0, 0.05) is 5.75 Å². The smallest absolute Gasteiger partial charge is 0.314 e. The number of hydrogen-bond donors (Lipinski definition) is 3. The zero-order valence-electron chi connectivity index (χ0n) is 4.24. The highest BCUT2D eigenvalue weighted by Gasteiger charge is 1.61. The predicted molar refractivity (Wildman–Crippen MR) is 37.5 cm³/mol. The molecule has 0 bridgehead atoms. The summed E-state index contributed by atoms with van der Waals surface area (Å²) in [4.78, 5) is 14.3. The van der Waals surface area contributed by atoms with Gasteiger partial charge >= 0.3 is 8.25 Å². The van der Waals surface area contributed by atoms with Gasteiger partial charge in [-0.1, -0.05) is 6.08 Å². The topological polar surface area (TPSA) is 57.5 Å². The van der Waals surface area contributed by atoms with Crippen molar-refractivity contribution >= 4 is 20.9 Å². The second-order valence-electron chi connectivity index (χ2n) is 0.754. The third kappa shape index (κ3) is 111. The minimum absolute atomic E-state index is 0.778. The molecule has 0 unspecified atom stereocenters. The molecule has 50 valence electrons. The van der Waals surface area contributed by atoms with Gasteiger partial charge in [-0.05, 0) is 0 Å². The normalized spacial score (nSPS) is 7.50. The predicted octanol–water partition coefficient (Wildman–Crippen LogP) is 0.463. The Labute approximate surface area is 54.4 Å². The van der Waals surface area contributed by atoms with Crippen LogP contribution in [0.15, 0.2) is 12.7 Å². The van der Waals surface area contributed by atoms with E-state index in [4.69, 9.17) is 14.4 Å². The zero-order valence-corrected chi connectivity index (χ0v) is 6.14. The standard InChI is InChI=1S/C3H6S.H3O3P/c1-2-3-4;1-4(2)3/h2,4H,1,3H2;4H,(H2,1,2,3). The molecule has 2 N–H and O–H groups in total. The van der Waals surface area contributed by atoms with Gasteiger partial charge in [0.15, 0.2) is 0 Å². The minimum atomic E-state index is -3.13. The lowest BCUT2D eigenvalue weighted by Crippen LogP contribution is -1.45. The Bertz CT molecular complexity index is 70.9. The van der Waals surface area contributed by atoms with Crippen molar-refractivity contribution in [2.75, 3.05) is 5.75 Å². The zero-order chi connectivity index (χ0) is 6.99. The van der Waals surface area contributed by atoms with E-state index in [0.717, 1.165) is 5.75 Å². The fourth-order valence-corrected chi connectivity index (χ4v) is 0. The van der Waals surface area contributed by atoms with Gasteiger partial charge in [0.2, 0.25) is 0 Å². The van der Waals surface area contributed by atoms with Crippen LogP contribution in [0.5, 0.6) is 0 Å². The number of thiol groups is 1. The fraction of sp³-hybridized carbons (Fsp3) is 0.333. The maximum Gasteiger partial charge on any atom is 0.314 e. The molecule has 0 aliphatic heterocycles. The molecule has 5 heteroatoms. The van der Waals surface area contributed by atoms with Gasteiger partial charge in [0.05, 0.1) is 0 Å². The maximum atomic E-state index is 8.74. The lowest BCUT2D eigenvalue weighted by Gasteiger charge is -1.61. The molecule has 0 heterocycles. The minimum Gasteiger partial charge on any atom is -0.326 e. The van der Waals surface area contributed by atoms with Crippen molar-refractivity contribution in [3.63, 3.8) is 0 Å². The highest BCUT2D eigenvalue weighted by molar-refractivity contribution is 7.80. The van der Waals surface area contributed by atoms with Crippen LogP contribution in [-0.2, 0) is 4.57 Å². The summed E-state index contributed by atoms with van der Waals surface area (Å²) >= 11 is 3.80. The van der Waals surface area contributed by atoms with E-state index in [1.54, 1.807) is 6.08 Å². The van der Waals surface area contributed by atoms with Crippen LogP contribution >= 0.6 is 20.9 Å². The van der Waals surface area contributed by atoms with Gasteiger partial charge in [-0.15, -0.1) is 6.58 Å². The van der Waals surface area contributed by atoms with E-state index in [1.807, 2.05) is 0 Å². The Balaban J connectivity index is 0. The van der Waals surface area contributed by atoms with Crippen LogP contribution in [0.4, 0.5) is 0 Å². The molecule has 0 aliphatic rings. The molecule has 8 heavy (non-hydrogen) atoms. The van der Waals surface area contributed by atoms with E-state index in [-0.39, 0.29) is 0 Å². The van der Waals surface area contributed by atoms with Crippen molar-refractivity contribution < 1.29 is 14.4 Å². The largest absolute Gasteiger partial charge is 0.326 e. The first-order chi connectivity index (χ1) is 3.65. The quantitative estimate of drug-likeness (QED) is 0.294.